The van der Waals surface area contributed by atoms with E-state index >= 15 is 0 Å². The number of aryl methyl sites for hydroxylation is 2. The van der Waals surface area contributed by atoms with E-state index in [-0.39, 0.29) is 5.63 Å². The Labute approximate surface area is 182 Å². The number of fused-ring (bicyclic) bond motifs is 2. The van der Waals surface area contributed by atoms with E-state index in [2.05, 4.69) is 12.1 Å². The van der Waals surface area contributed by atoms with Crippen LogP contribution >= 0.6 is 0 Å². The fraction of sp³-hybridized carbons (Fsp3) is 0.400. The molecule has 164 valence electrons. The molecule has 1 aromatic heterocycles. The number of benzene rings is 2. The van der Waals surface area contributed by atoms with Gasteiger partial charge in [-0.05, 0) is 49.6 Å². The molecule has 1 N–H and O–H groups in total. The summed E-state index contributed by atoms with van der Waals surface area (Å²) in [5, 5.41) is 1.01. The molecule has 3 aromatic rings. The van der Waals surface area contributed by atoms with Crippen molar-refractivity contribution in [1.82, 2.24) is 0 Å². The van der Waals surface area contributed by atoms with Gasteiger partial charge in [-0.2, -0.15) is 0 Å². The molecule has 2 aromatic carbocycles. The van der Waals surface area contributed by atoms with Gasteiger partial charge in [-0.15, -0.1) is 0 Å². The molecule has 0 amide bonds. The van der Waals surface area contributed by atoms with Crippen molar-refractivity contribution in [3.05, 3.63) is 62.5 Å². The third kappa shape index (κ3) is 3.88. The number of ether oxygens (including phenoxy) is 3. The zero-order chi connectivity index (χ0) is 22.1. The highest BCUT2D eigenvalue weighted by Gasteiger charge is 2.25. The maximum atomic E-state index is 12.3. The molecule has 6 heteroatoms. The summed E-state index contributed by atoms with van der Waals surface area (Å²) in [6.07, 6.45) is 1.58. The maximum absolute atomic E-state index is 12.3. The molecule has 31 heavy (non-hydrogen) atoms. The highest BCUT2D eigenvalue weighted by Crippen LogP contribution is 2.34. The van der Waals surface area contributed by atoms with Crippen LogP contribution in [0.15, 0.2) is 33.5 Å². The summed E-state index contributed by atoms with van der Waals surface area (Å²) in [6.45, 7) is 8.37. The third-order valence-electron chi connectivity index (χ3n) is 6.26. The van der Waals surface area contributed by atoms with Gasteiger partial charge in [0.25, 0.3) is 0 Å². The van der Waals surface area contributed by atoms with E-state index in [1.165, 1.54) is 10.5 Å². The lowest BCUT2D eigenvalue weighted by molar-refractivity contribution is -0.932. The molecule has 1 unspecified atom stereocenters. The Bertz CT molecular complexity index is 1180. The summed E-state index contributed by atoms with van der Waals surface area (Å²) < 4.78 is 22.6. The van der Waals surface area contributed by atoms with Crippen molar-refractivity contribution >= 4 is 11.0 Å². The van der Waals surface area contributed by atoms with Gasteiger partial charge >= 0.3 is 5.63 Å². The molecule has 0 aliphatic carbocycles. The van der Waals surface area contributed by atoms with Crippen LogP contribution in [0.25, 0.3) is 11.0 Å². The summed E-state index contributed by atoms with van der Waals surface area (Å²) in [5.74, 6) is 2.35. The first-order chi connectivity index (χ1) is 15.0. The van der Waals surface area contributed by atoms with Crippen LogP contribution in [-0.2, 0) is 19.4 Å². The van der Waals surface area contributed by atoms with Crippen LogP contribution in [0.2, 0.25) is 0 Å². The van der Waals surface area contributed by atoms with Crippen LogP contribution in [0.3, 0.4) is 0 Å². The van der Waals surface area contributed by atoms with Gasteiger partial charge in [0.15, 0.2) is 11.5 Å². The summed E-state index contributed by atoms with van der Waals surface area (Å²) in [7, 11) is 3.30. The van der Waals surface area contributed by atoms with Crippen LogP contribution in [0.4, 0.5) is 0 Å². The molecule has 6 nitrogen and oxygen atoms in total. The molecule has 0 fully saturated rings. The summed E-state index contributed by atoms with van der Waals surface area (Å²) >= 11 is 0. The predicted octanol–water partition coefficient (Wildman–Crippen LogP) is 2.97. The van der Waals surface area contributed by atoms with Gasteiger partial charge < -0.3 is 18.6 Å². The minimum Gasteiger partial charge on any atom is -0.493 e. The Balaban J connectivity index is 1.57. The van der Waals surface area contributed by atoms with Crippen molar-refractivity contribution in [3.8, 4) is 17.2 Å². The van der Waals surface area contributed by atoms with Crippen molar-refractivity contribution in [2.45, 2.75) is 40.2 Å². The third-order valence-corrected chi connectivity index (χ3v) is 6.26. The first kappa shape index (κ1) is 21.2. The second-order valence-corrected chi connectivity index (χ2v) is 8.12. The molecule has 0 saturated heterocycles. The zero-order valence-electron chi connectivity index (χ0n) is 18.9. The molecule has 0 bridgehead atoms. The molecule has 0 radical (unpaired) electrons. The van der Waals surface area contributed by atoms with Crippen LogP contribution in [0, 0.1) is 13.8 Å². The van der Waals surface area contributed by atoms with E-state index in [1.54, 1.807) is 14.2 Å². The first-order valence-corrected chi connectivity index (χ1v) is 10.7. The van der Waals surface area contributed by atoms with Gasteiger partial charge in [-0.25, -0.2) is 4.79 Å². The minimum atomic E-state index is -0.242. The minimum absolute atomic E-state index is 0.242. The number of rotatable bonds is 6. The number of hydrogen-bond donors (Lipinski definition) is 1. The van der Waals surface area contributed by atoms with E-state index in [1.807, 2.05) is 32.9 Å². The highest BCUT2D eigenvalue weighted by molar-refractivity contribution is 5.87. The largest absolute Gasteiger partial charge is 0.493 e. The zero-order valence-corrected chi connectivity index (χ0v) is 18.9. The smallest absolute Gasteiger partial charge is 0.339 e. The topological polar surface area (TPSA) is 62.3 Å². The fourth-order valence-corrected chi connectivity index (χ4v) is 4.49. The van der Waals surface area contributed by atoms with E-state index in [9.17, 15) is 4.79 Å². The van der Waals surface area contributed by atoms with E-state index < -0.39 is 0 Å². The Hall–Kier alpha value is -2.99. The van der Waals surface area contributed by atoms with Crippen molar-refractivity contribution in [3.63, 3.8) is 0 Å². The standard InChI is InChI=1S/C25H29NO5/c1-6-19-15(2)20-12-18-13-26(14-30-23(18)16(3)24(20)31-25(19)27)10-9-17-7-8-21(28-4)22(11-17)29-5/h7-8,11-12H,6,9-10,13-14H2,1-5H3/p+1. The Kier molecular flexibility index (Phi) is 5.92. The van der Waals surface area contributed by atoms with Crippen LogP contribution in [-0.4, -0.2) is 27.5 Å². The molecule has 2 heterocycles. The van der Waals surface area contributed by atoms with Crippen LogP contribution in [0.5, 0.6) is 17.2 Å². The van der Waals surface area contributed by atoms with E-state index in [0.717, 1.165) is 64.4 Å². The summed E-state index contributed by atoms with van der Waals surface area (Å²) in [6, 6.07) is 8.20. The van der Waals surface area contributed by atoms with E-state index in [4.69, 9.17) is 18.6 Å². The molecule has 0 saturated carbocycles. The molecular weight excluding hydrogens is 394 g/mol. The van der Waals surface area contributed by atoms with E-state index in [0.29, 0.717) is 18.7 Å². The number of nitrogens with one attached hydrogen (secondary N) is 1. The average molecular weight is 425 g/mol. The summed E-state index contributed by atoms with van der Waals surface area (Å²) in [5.41, 5.74) is 5.45. The Morgan fingerprint density at radius 2 is 1.84 bits per heavy atom. The molecule has 0 spiro atoms. The van der Waals surface area contributed by atoms with Crippen LogP contribution in [0.1, 0.15) is 34.7 Å². The lowest BCUT2D eigenvalue weighted by atomic mass is 9.98. The quantitative estimate of drug-likeness (QED) is 0.617. The molecule has 1 atom stereocenters. The monoisotopic (exact) mass is 424 g/mol. The van der Waals surface area contributed by atoms with Crippen molar-refractivity contribution in [1.29, 1.82) is 0 Å². The normalized spacial score (nSPS) is 15.5. The van der Waals surface area contributed by atoms with Gasteiger partial charge in [-0.3, -0.25) is 4.90 Å². The molecule has 1 aliphatic rings. The lowest BCUT2D eigenvalue weighted by Gasteiger charge is -2.28. The van der Waals surface area contributed by atoms with Gasteiger partial charge in [0.05, 0.1) is 20.8 Å². The van der Waals surface area contributed by atoms with Crippen molar-refractivity contribution in [2.24, 2.45) is 0 Å². The van der Waals surface area contributed by atoms with Crippen molar-refractivity contribution < 1.29 is 23.5 Å². The predicted molar refractivity (Wildman–Crippen MR) is 120 cm³/mol. The maximum Gasteiger partial charge on any atom is 0.339 e. The van der Waals surface area contributed by atoms with Crippen LogP contribution < -0.4 is 24.7 Å². The van der Waals surface area contributed by atoms with Crippen molar-refractivity contribution in [2.75, 3.05) is 27.5 Å². The number of methoxy groups -OCH3 is 2. The van der Waals surface area contributed by atoms with Gasteiger partial charge in [-0.1, -0.05) is 13.0 Å². The molecule has 4 rings (SSSR count). The molecular formula is C25H30NO5+. The summed E-state index contributed by atoms with van der Waals surface area (Å²) in [4.78, 5) is 13.7. The average Bonchev–Trinajstić information content (AvgIpc) is 2.78. The second-order valence-electron chi connectivity index (χ2n) is 8.12. The molecule has 1 aliphatic heterocycles. The van der Waals surface area contributed by atoms with Gasteiger partial charge in [0.2, 0.25) is 6.73 Å². The number of hydrogen-bond acceptors (Lipinski definition) is 5. The first-order valence-electron chi connectivity index (χ1n) is 10.7. The SMILES string of the molecule is CCc1c(C)c2cc3c(c(C)c2oc1=O)OC[NH+](CCc1ccc(OC)c(OC)c1)C3. The lowest BCUT2D eigenvalue weighted by Crippen LogP contribution is -3.12. The van der Waals surface area contributed by atoms with Gasteiger partial charge in [0, 0.05) is 28.5 Å². The highest BCUT2D eigenvalue weighted by atomic mass is 16.5. The Morgan fingerprint density at radius 1 is 1.06 bits per heavy atom. The fourth-order valence-electron chi connectivity index (χ4n) is 4.49. The second kappa shape index (κ2) is 8.63. The number of quaternary nitrogens is 1. The van der Waals surface area contributed by atoms with Gasteiger partial charge in [0.1, 0.15) is 17.9 Å². The Morgan fingerprint density at radius 3 is 2.55 bits per heavy atom.